The molecule has 0 aliphatic rings. The average molecular weight is 298 g/mol. The molecule has 0 atom stereocenters. The van der Waals surface area contributed by atoms with Gasteiger partial charge < -0.3 is 10.1 Å². The van der Waals surface area contributed by atoms with Crippen molar-refractivity contribution < 1.29 is 4.74 Å². The number of ether oxygens (including phenoxy) is 1. The zero-order chi connectivity index (χ0) is 14.5. The molecule has 108 valence electrons. The van der Waals surface area contributed by atoms with E-state index < -0.39 is 0 Å². The summed E-state index contributed by atoms with van der Waals surface area (Å²) in [6.07, 6.45) is 1.84. The lowest BCUT2D eigenvalue weighted by molar-refractivity contribution is 0.199. The Morgan fingerprint density at radius 2 is 2.14 bits per heavy atom. The predicted molar refractivity (Wildman–Crippen MR) is 88.6 cm³/mol. The van der Waals surface area contributed by atoms with Gasteiger partial charge in [0.25, 0.3) is 0 Å². The Bertz CT molecular complexity index is 690. The molecule has 0 aliphatic heterocycles. The van der Waals surface area contributed by atoms with Crippen molar-refractivity contribution in [2.45, 2.75) is 6.54 Å². The van der Waals surface area contributed by atoms with E-state index in [1.54, 1.807) is 18.4 Å². The number of benzene rings is 1. The van der Waals surface area contributed by atoms with E-state index in [0.29, 0.717) is 0 Å². The van der Waals surface area contributed by atoms with Crippen LogP contribution in [-0.4, -0.2) is 25.2 Å². The van der Waals surface area contributed by atoms with Crippen molar-refractivity contribution in [3.8, 4) is 10.4 Å². The second kappa shape index (κ2) is 6.80. The van der Waals surface area contributed by atoms with Crippen molar-refractivity contribution in [3.05, 3.63) is 54.2 Å². The van der Waals surface area contributed by atoms with Crippen molar-refractivity contribution in [2.24, 2.45) is 0 Å². The maximum Gasteiger partial charge on any atom is 0.0816 e. The maximum absolute atomic E-state index is 5.04. The van der Waals surface area contributed by atoms with Gasteiger partial charge in [-0.3, -0.25) is 4.98 Å². The molecule has 21 heavy (non-hydrogen) atoms. The molecule has 0 spiro atoms. The van der Waals surface area contributed by atoms with E-state index in [0.717, 1.165) is 25.2 Å². The van der Waals surface area contributed by atoms with Crippen molar-refractivity contribution in [1.29, 1.82) is 0 Å². The first-order valence-corrected chi connectivity index (χ1v) is 7.82. The summed E-state index contributed by atoms with van der Waals surface area (Å²) in [5.41, 5.74) is 3.61. The SMILES string of the molecule is COCCNCc1cccc(-c2cc3ncccc3s2)c1. The first kappa shape index (κ1) is 14.2. The van der Waals surface area contributed by atoms with Gasteiger partial charge in [0.15, 0.2) is 0 Å². The van der Waals surface area contributed by atoms with Gasteiger partial charge >= 0.3 is 0 Å². The summed E-state index contributed by atoms with van der Waals surface area (Å²) in [5.74, 6) is 0. The summed E-state index contributed by atoms with van der Waals surface area (Å²) in [6, 6.07) is 14.9. The fourth-order valence-corrected chi connectivity index (χ4v) is 3.27. The molecule has 0 saturated carbocycles. The maximum atomic E-state index is 5.04. The van der Waals surface area contributed by atoms with Crippen LogP contribution in [0.25, 0.3) is 20.7 Å². The fraction of sp³-hybridized carbons (Fsp3) is 0.235. The Hall–Kier alpha value is -1.75. The quantitative estimate of drug-likeness (QED) is 0.705. The van der Waals surface area contributed by atoms with Crippen molar-refractivity contribution >= 4 is 21.6 Å². The molecule has 3 aromatic rings. The van der Waals surface area contributed by atoms with Crippen LogP contribution in [0.3, 0.4) is 0 Å². The van der Waals surface area contributed by atoms with Gasteiger partial charge in [0.1, 0.15) is 0 Å². The molecular formula is C17H18N2OS. The molecule has 0 amide bonds. The average Bonchev–Trinajstić information content (AvgIpc) is 2.96. The highest BCUT2D eigenvalue weighted by atomic mass is 32.1. The number of hydrogen-bond donors (Lipinski definition) is 1. The van der Waals surface area contributed by atoms with E-state index in [2.05, 4.69) is 46.7 Å². The lowest BCUT2D eigenvalue weighted by atomic mass is 10.1. The molecule has 0 radical (unpaired) electrons. The van der Waals surface area contributed by atoms with Gasteiger partial charge in [0.05, 0.1) is 16.8 Å². The minimum absolute atomic E-state index is 0.738. The van der Waals surface area contributed by atoms with Crippen LogP contribution < -0.4 is 5.32 Å². The molecule has 0 saturated heterocycles. The molecule has 0 aliphatic carbocycles. The highest BCUT2D eigenvalue weighted by Crippen LogP contribution is 2.32. The molecular weight excluding hydrogens is 280 g/mol. The summed E-state index contributed by atoms with van der Waals surface area (Å²) >= 11 is 1.79. The van der Waals surface area contributed by atoms with Crippen LogP contribution in [0.5, 0.6) is 0 Å². The number of nitrogens with zero attached hydrogens (tertiary/aromatic N) is 1. The van der Waals surface area contributed by atoms with Crippen LogP contribution in [0, 0.1) is 0 Å². The predicted octanol–water partition coefficient (Wildman–Crippen LogP) is 3.70. The van der Waals surface area contributed by atoms with E-state index in [4.69, 9.17) is 4.74 Å². The number of fused-ring (bicyclic) bond motifs is 1. The number of pyridine rings is 1. The topological polar surface area (TPSA) is 34.1 Å². The lowest BCUT2D eigenvalue weighted by Crippen LogP contribution is -2.18. The molecule has 4 heteroatoms. The number of hydrogen-bond acceptors (Lipinski definition) is 4. The molecule has 1 aromatic carbocycles. The van der Waals surface area contributed by atoms with Gasteiger partial charge in [0, 0.05) is 31.3 Å². The van der Waals surface area contributed by atoms with E-state index >= 15 is 0 Å². The number of aromatic nitrogens is 1. The van der Waals surface area contributed by atoms with Crippen LogP contribution in [0.2, 0.25) is 0 Å². The van der Waals surface area contributed by atoms with E-state index in [1.165, 1.54) is 20.7 Å². The Labute approximate surface area is 128 Å². The van der Waals surface area contributed by atoms with E-state index in [1.807, 2.05) is 12.3 Å². The van der Waals surface area contributed by atoms with Crippen molar-refractivity contribution in [1.82, 2.24) is 10.3 Å². The lowest BCUT2D eigenvalue weighted by Gasteiger charge is -2.06. The van der Waals surface area contributed by atoms with Gasteiger partial charge in [-0.15, -0.1) is 11.3 Å². The summed E-state index contributed by atoms with van der Waals surface area (Å²) in [7, 11) is 1.72. The van der Waals surface area contributed by atoms with Gasteiger partial charge in [-0.1, -0.05) is 18.2 Å². The third-order valence-electron chi connectivity index (χ3n) is 3.31. The molecule has 0 bridgehead atoms. The normalized spacial score (nSPS) is 11.1. The van der Waals surface area contributed by atoms with Crippen molar-refractivity contribution in [2.75, 3.05) is 20.3 Å². The largest absolute Gasteiger partial charge is 0.383 e. The minimum atomic E-state index is 0.738. The molecule has 1 N–H and O–H groups in total. The Balaban J connectivity index is 1.78. The molecule has 2 heterocycles. The zero-order valence-corrected chi connectivity index (χ0v) is 12.8. The summed E-state index contributed by atoms with van der Waals surface area (Å²) in [5, 5.41) is 3.37. The van der Waals surface area contributed by atoms with E-state index in [-0.39, 0.29) is 0 Å². The Morgan fingerprint density at radius 1 is 1.19 bits per heavy atom. The minimum Gasteiger partial charge on any atom is -0.383 e. The summed E-state index contributed by atoms with van der Waals surface area (Å²) in [4.78, 5) is 5.67. The Kier molecular flexibility index (Phi) is 4.60. The van der Waals surface area contributed by atoms with Crippen LogP contribution >= 0.6 is 11.3 Å². The molecule has 0 fully saturated rings. The van der Waals surface area contributed by atoms with Crippen LogP contribution in [0.1, 0.15) is 5.56 Å². The number of thiophene rings is 1. The van der Waals surface area contributed by atoms with Gasteiger partial charge in [-0.2, -0.15) is 0 Å². The summed E-state index contributed by atoms with van der Waals surface area (Å²) in [6.45, 7) is 2.47. The first-order chi connectivity index (χ1) is 10.4. The summed E-state index contributed by atoms with van der Waals surface area (Å²) < 4.78 is 6.27. The second-order valence-corrected chi connectivity index (χ2v) is 5.95. The number of rotatable bonds is 6. The van der Waals surface area contributed by atoms with Crippen LogP contribution in [0.15, 0.2) is 48.7 Å². The van der Waals surface area contributed by atoms with Crippen LogP contribution in [-0.2, 0) is 11.3 Å². The third kappa shape index (κ3) is 3.47. The number of methoxy groups -OCH3 is 1. The standard InChI is InChI=1S/C17H18N2OS/c1-20-9-8-18-12-13-4-2-5-14(10-13)17-11-15-16(21-17)6-3-7-19-15/h2-7,10-11,18H,8-9,12H2,1H3. The fourth-order valence-electron chi connectivity index (χ4n) is 2.25. The zero-order valence-electron chi connectivity index (χ0n) is 12.0. The Morgan fingerprint density at radius 3 is 3.00 bits per heavy atom. The first-order valence-electron chi connectivity index (χ1n) is 7.00. The smallest absolute Gasteiger partial charge is 0.0816 e. The molecule has 2 aromatic heterocycles. The van der Waals surface area contributed by atoms with Gasteiger partial charge in [-0.05, 0) is 35.4 Å². The second-order valence-electron chi connectivity index (χ2n) is 4.87. The highest BCUT2D eigenvalue weighted by Gasteiger charge is 2.05. The monoisotopic (exact) mass is 298 g/mol. The van der Waals surface area contributed by atoms with Crippen molar-refractivity contribution in [3.63, 3.8) is 0 Å². The van der Waals surface area contributed by atoms with E-state index in [9.17, 15) is 0 Å². The molecule has 0 unspecified atom stereocenters. The van der Waals surface area contributed by atoms with Gasteiger partial charge in [-0.25, -0.2) is 0 Å². The van der Waals surface area contributed by atoms with Crippen LogP contribution in [0.4, 0.5) is 0 Å². The third-order valence-corrected chi connectivity index (χ3v) is 4.45. The van der Waals surface area contributed by atoms with Gasteiger partial charge in [0.2, 0.25) is 0 Å². The number of nitrogens with one attached hydrogen (secondary N) is 1. The highest BCUT2D eigenvalue weighted by molar-refractivity contribution is 7.22. The molecule has 3 nitrogen and oxygen atoms in total. The molecule has 3 rings (SSSR count).